The van der Waals surface area contributed by atoms with Crippen LogP contribution >= 0.6 is 0 Å². The third-order valence-electron chi connectivity index (χ3n) is 3.92. The van der Waals surface area contributed by atoms with Crippen molar-refractivity contribution in [1.29, 1.82) is 0 Å². The predicted octanol–water partition coefficient (Wildman–Crippen LogP) is 3.17. The second-order valence-corrected chi connectivity index (χ2v) is 5.11. The minimum Gasteiger partial charge on any atom is -0.494 e. The van der Waals surface area contributed by atoms with Crippen LogP contribution in [0, 0.1) is 5.82 Å². The second-order valence-electron chi connectivity index (χ2n) is 5.11. The molecule has 0 amide bonds. The van der Waals surface area contributed by atoms with Gasteiger partial charge < -0.3 is 14.8 Å². The smallest absolute Gasteiger partial charge is 0.165 e. The van der Waals surface area contributed by atoms with Crippen LogP contribution in [-0.4, -0.2) is 32.4 Å². The van der Waals surface area contributed by atoms with Gasteiger partial charge in [0.15, 0.2) is 11.6 Å². The van der Waals surface area contributed by atoms with Gasteiger partial charge in [0.05, 0.1) is 12.7 Å². The van der Waals surface area contributed by atoms with Crippen molar-refractivity contribution in [3.8, 4) is 5.75 Å². The monoisotopic (exact) mass is 283 g/mol. The molecule has 0 aromatic heterocycles. The molecule has 2 unspecified atom stereocenters. The lowest BCUT2D eigenvalue weighted by atomic mass is 9.88. The lowest BCUT2D eigenvalue weighted by molar-refractivity contribution is -0.0534. The Morgan fingerprint density at radius 2 is 2.05 bits per heavy atom. The van der Waals surface area contributed by atoms with Crippen LogP contribution in [-0.2, 0) is 11.2 Å². The van der Waals surface area contributed by atoms with Crippen LogP contribution in [0.3, 0.4) is 0 Å². The van der Waals surface area contributed by atoms with E-state index in [1.54, 1.807) is 6.07 Å². The van der Waals surface area contributed by atoms with Gasteiger partial charge in [0.25, 0.3) is 0 Å². The van der Waals surface area contributed by atoms with Gasteiger partial charge >= 0.3 is 0 Å². The molecule has 0 saturated carbocycles. The maximum atomic E-state index is 13.8. The number of hydrogen-bond acceptors (Lipinski definition) is 3. The van der Waals surface area contributed by atoms with E-state index in [0.717, 1.165) is 12.0 Å². The highest BCUT2D eigenvalue weighted by atomic mass is 19.1. The third-order valence-corrected chi connectivity index (χ3v) is 3.92. The van der Waals surface area contributed by atoms with Gasteiger partial charge in [0.2, 0.25) is 0 Å². The van der Waals surface area contributed by atoms with Gasteiger partial charge in [-0.25, -0.2) is 4.39 Å². The van der Waals surface area contributed by atoms with E-state index in [4.69, 9.17) is 9.47 Å². The third kappa shape index (κ3) is 3.93. The van der Waals surface area contributed by atoms with Gasteiger partial charge in [-0.15, -0.1) is 0 Å². The first-order chi connectivity index (χ1) is 9.50. The zero-order valence-electron chi connectivity index (χ0n) is 13.1. The molecule has 0 spiro atoms. The molecule has 0 saturated heterocycles. The first-order valence-electron chi connectivity index (χ1n) is 7.14. The maximum Gasteiger partial charge on any atom is 0.165 e. The van der Waals surface area contributed by atoms with Gasteiger partial charge in [-0.05, 0) is 51.4 Å². The quantitative estimate of drug-likeness (QED) is 0.795. The molecule has 3 nitrogen and oxygen atoms in total. The van der Waals surface area contributed by atoms with Crippen LogP contribution in [0.25, 0.3) is 0 Å². The summed E-state index contributed by atoms with van der Waals surface area (Å²) in [6, 6.07) is 5.22. The average Bonchev–Trinajstić information content (AvgIpc) is 2.45. The summed E-state index contributed by atoms with van der Waals surface area (Å²) in [6.07, 6.45) is 1.60. The minimum atomic E-state index is -0.325. The molecule has 20 heavy (non-hydrogen) atoms. The summed E-state index contributed by atoms with van der Waals surface area (Å²) in [6.45, 7) is 6.86. The Morgan fingerprint density at radius 1 is 1.35 bits per heavy atom. The fourth-order valence-electron chi connectivity index (χ4n) is 2.47. The lowest BCUT2D eigenvalue weighted by Gasteiger charge is -2.37. The molecule has 114 valence electrons. The number of hydrogen-bond donors (Lipinski definition) is 1. The summed E-state index contributed by atoms with van der Waals surface area (Å²) in [7, 11) is 3.38. The number of nitrogens with one attached hydrogen (secondary N) is 1. The molecule has 0 radical (unpaired) electrons. The van der Waals surface area contributed by atoms with E-state index in [2.05, 4.69) is 19.2 Å². The highest BCUT2D eigenvalue weighted by Crippen LogP contribution is 2.25. The summed E-state index contributed by atoms with van der Waals surface area (Å²) in [5, 5.41) is 3.30. The molecule has 1 aromatic rings. The van der Waals surface area contributed by atoms with Crippen molar-refractivity contribution in [2.45, 2.75) is 45.3 Å². The van der Waals surface area contributed by atoms with E-state index in [9.17, 15) is 4.39 Å². The molecule has 4 heteroatoms. The van der Waals surface area contributed by atoms with Crippen LogP contribution in [0.1, 0.15) is 32.8 Å². The number of benzene rings is 1. The Hall–Kier alpha value is -1.13. The standard InChI is InChI=1S/C16H26FNO2/c1-6-16(3,20-7-2)15(18-4)11-12-8-9-14(19-5)13(17)10-12/h8-10,15,18H,6-7,11H2,1-5H3. The van der Waals surface area contributed by atoms with Crippen molar-refractivity contribution in [2.75, 3.05) is 20.8 Å². The first-order valence-corrected chi connectivity index (χ1v) is 7.14. The Labute approximate surface area is 121 Å². The van der Waals surface area contributed by atoms with Crippen LogP contribution < -0.4 is 10.1 Å². The zero-order valence-corrected chi connectivity index (χ0v) is 13.1. The Morgan fingerprint density at radius 3 is 2.50 bits per heavy atom. The van der Waals surface area contributed by atoms with E-state index >= 15 is 0 Å². The number of halogens is 1. The fourth-order valence-corrected chi connectivity index (χ4v) is 2.47. The zero-order chi connectivity index (χ0) is 15.2. The summed E-state index contributed by atoms with van der Waals surface area (Å²) in [5.74, 6) is -0.0488. The molecule has 1 aromatic carbocycles. The topological polar surface area (TPSA) is 30.5 Å². The van der Waals surface area contributed by atoms with Crippen LogP contribution in [0.15, 0.2) is 18.2 Å². The van der Waals surface area contributed by atoms with Crippen LogP contribution in [0.5, 0.6) is 5.75 Å². The SMILES string of the molecule is CCOC(C)(CC)C(Cc1ccc(OC)c(F)c1)NC. The van der Waals surface area contributed by atoms with Gasteiger partial charge in [0.1, 0.15) is 0 Å². The van der Waals surface area contributed by atoms with Gasteiger partial charge in [0, 0.05) is 12.6 Å². The van der Waals surface area contributed by atoms with Crippen molar-refractivity contribution in [1.82, 2.24) is 5.32 Å². The lowest BCUT2D eigenvalue weighted by Crippen LogP contribution is -2.50. The molecule has 0 aliphatic carbocycles. The van der Waals surface area contributed by atoms with Crippen molar-refractivity contribution in [3.05, 3.63) is 29.6 Å². The molecule has 0 heterocycles. The van der Waals surface area contributed by atoms with Crippen LogP contribution in [0.2, 0.25) is 0 Å². The Bertz CT molecular complexity index is 425. The summed E-state index contributed by atoms with van der Waals surface area (Å²) in [5.41, 5.74) is 0.668. The first kappa shape index (κ1) is 16.9. The fraction of sp³-hybridized carbons (Fsp3) is 0.625. The number of ether oxygens (including phenoxy) is 2. The summed E-state index contributed by atoms with van der Waals surface area (Å²) >= 11 is 0. The van der Waals surface area contributed by atoms with Crippen LogP contribution in [0.4, 0.5) is 4.39 Å². The van der Waals surface area contributed by atoms with Crippen molar-refractivity contribution in [3.63, 3.8) is 0 Å². The molecule has 0 aliphatic rings. The molecule has 0 bridgehead atoms. The van der Waals surface area contributed by atoms with E-state index in [1.165, 1.54) is 13.2 Å². The molecule has 1 N–H and O–H groups in total. The molecule has 1 rings (SSSR count). The molecule has 0 aliphatic heterocycles. The minimum absolute atomic E-state index is 0.125. The van der Waals surface area contributed by atoms with Crippen molar-refractivity contribution < 1.29 is 13.9 Å². The molecule has 2 atom stereocenters. The highest BCUT2D eigenvalue weighted by molar-refractivity contribution is 5.30. The largest absolute Gasteiger partial charge is 0.494 e. The summed E-state index contributed by atoms with van der Waals surface area (Å²) in [4.78, 5) is 0. The van der Waals surface area contributed by atoms with E-state index in [0.29, 0.717) is 13.0 Å². The van der Waals surface area contributed by atoms with Gasteiger partial charge in [-0.3, -0.25) is 0 Å². The highest BCUT2D eigenvalue weighted by Gasteiger charge is 2.32. The number of likely N-dealkylation sites (N-methyl/N-ethyl adjacent to an activating group) is 1. The van der Waals surface area contributed by atoms with E-state index in [-0.39, 0.29) is 23.2 Å². The normalized spacial score (nSPS) is 15.7. The average molecular weight is 283 g/mol. The molecule has 0 fully saturated rings. The van der Waals surface area contributed by atoms with Crippen molar-refractivity contribution in [2.24, 2.45) is 0 Å². The number of rotatable bonds is 8. The maximum absolute atomic E-state index is 13.8. The predicted molar refractivity (Wildman–Crippen MR) is 79.8 cm³/mol. The number of methoxy groups -OCH3 is 1. The van der Waals surface area contributed by atoms with Gasteiger partial charge in [-0.1, -0.05) is 13.0 Å². The molecular formula is C16H26FNO2. The van der Waals surface area contributed by atoms with Crippen molar-refractivity contribution >= 4 is 0 Å². The molecular weight excluding hydrogens is 257 g/mol. The Kier molecular flexibility index (Phi) is 6.43. The summed E-state index contributed by atoms with van der Waals surface area (Å²) < 4.78 is 24.6. The Balaban J connectivity index is 2.90. The van der Waals surface area contributed by atoms with E-state index in [1.807, 2.05) is 20.0 Å². The second kappa shape index (κ2) is 7.60. The van der Waals surface area contributed by atoms with E-state index < -0.39 is 0 Å². The van der Waals surface area contributed by atoms with Gasteiger partial charge in [-0.2, -0.15) is 0 Å².